The van der Waals surface area contributed by atoms with Gasteiger partial charge in [0.1, 0.15) is 0 Å². The lowest BCUT2D eigenvalue weighted by Gasteiger charge is -2.38. The van der Waals surface area contributed by atoms with Crippen molar-refractivity contribution in [2.24, 2.45) is 10.9 Å². The molecule has 1 saturated heterocycles. The highest BCUT2D eigenvalue weighted by Gasteiger charge is 2.30. The lowest BCUT2D eigenvalue weighted by atomic mass is 9.84. The van der Waals surface area contributed by atoms with Gasteiger partial charge in [0, 0.05) is 77.6 Å². The van der Waals surface area contributed by atoms with Crippen LogP contribution >= 0.6 is 0 Å². The summed E-state index contributed by atoms with van der Waals surface area (Å²) < 4.78 is 0. The van der Waals surface area contributed by atoms with Gasteiger partial charge in [-0.05, 0) is 38.3 Å². The molecular formula is C24H40N6O. The van der Waals surface area contributed by atoms with Crippen molar-refractivity contribution in [3.8, 4) is 0 Å². The zero-order chi connectivity index (χ0) is 21.9. The molecule has 1 aliphatic carbocycles. The largest absolute Gasteiger partial charge is 0.372 e. The molecule has 3 rings (SSSR count). The highest BCUT2D eigenvalue weighted by Crippen LogP contribution is 2.28. The van der Waals surface area contributed by atoms with Gasteiger partial charge in [-0.1, -0.05) is 24.6 Å². The Bertz CT molecular complexity index is 683. The van der Waals surface area contributed by atoms with Crippen molar-refractivity contribution in [2.75, 3.05) is 70.9 Å². The van der Waals surface area contributed by atoms with E-state index in [2.05, 4.69) is 67.6 Å². The minimum Gasteiger partial charge on any atom is -0.372 e. The molecule has 0 bridgehead atoms. The third kappa shape index (κ3) is 7.13. The van der Waals surface area contributed by atoms with Crippen molar-refractivity contribution >= 4 is 17.6 Å². The number of rotatable bonds is 10. The summed E-state index contributed by atoms with van der Waals surface area (Å²) in [5.41, 5.74) is 1.28. The Morgan fingerprint density at radius 2 is 1.81 bits per heavy atom. The molecule has 172 valence electrons. The molecule has 1 heterocycles. The van der Waals surface area contributed by atoms with E-state index in [1.165, 1.54) is 12.1 Å². The number of amides is 1. The maximum Gasteiger partial charge on any atom is 0.225 e. The van der Waals surface area contributed by atoms with Crippen LogP contribution in [-0.2, 0) is 4.79 Å². The topological polar surface area (TPSA) is 63.2 Å². The molecule has 0 atom stereocenters. The molecule has 0 unspecified atom stereocenters. The summed E-state index contributed by atoms with van der Waals surface area (Å²) in [6.07, 6.45) is 4.47. The van der Waals surface area contributed by atoms with Crippen LogP contribution in [0.5, 0.6) is 0 Å². The minimum absolute atomic E-state index is 0.319. The first-order valence-electron chi connectivity index (χ1n) is 12.0. The number of aliphatic imine (C=N–C) groups is 1. The minimum atomic E-state index is 0.319. The van der Waals surface area contributed by atoms with Crippen LogP contribution in [0.1, 0.15) is 32.6 Å². The third-order valence-corrected chi connectivity index (χ3v) is 6.48. The predicted molar refractivity (Wildman–Crippen MR) is 129 cm³/mol. The summed E-state index contributed by atoms with van der Waals surface area (Å²) in [6, 6.07) is 10.6. The van der Waals surface area contributed by atoms with Crippen molar-refractivity contribution in [3.05, 3.63) is 30.3 Å². The standard InChI is InChI=1S/C24H40N6O/c1-3-29(22-11-5-4-6-12-22)15-8-13-26-24(25-2)27-14-16-28-17-19-30(20-18-28)23(31)21-9-7-10-21/h4-6,11-12,21H,3,7-10,13-20H2,1-2H3,(H2,25,26,27). The zero-order valence-electron chi connectivity index (χ0n) is 19.4. The number of piperazine rings is 1. The third-order valence-electron chi connectivity index (χ3n) is 6.48. The van der Waals surface area contributed by atoms with Gasteiger partial charge in [-0.15, -0.1) is 0 Å². The fourth-order valence-electron chi connectivity index (χ4n) is 4.24. The Balaban J connectivity index is 1.26. The summed E-state index contributed by atoms with van der Waals surface area (Å²) in [5, 5.41) is 6.85. The molecule has 1 aromatic carbocycles. The van der Waals surface area contributed by atoms with E-state index in [0.717, 1.165) is 84.1 Å². The van der Waals surface area contributed by atoms with E-state index in [9.17, 15) is 4.79 Å². The normalized spacial score (nSPS) is 17.9. The van der Waals surface area contributed by atoms with E-state index in [1.54, 1.807) is 0 Å². The fraction of sp³-hybridized carbons (Fsp3) is 0.667. The average molecular weight is 429 g/mol. The lowest BCUT2D eigenvalue weighted by Crippen LogP contribution is -2.52. The number of guanidine groups is 1. The van der Waals surface area contributed by atoms with Crippen molar-refractivity contribution < 1.29 is 4.79 Å². The Hall–Kier alpha value is -2.28. The van der Waals surface area contributed by atoms with E-state index in [-0.39, 0.29) is 0 Å². The van der Waals surface area contributed by atoms with Crippen LogP contribution < -0.4 is 15.5 Å². The van der Waals surface area contributed by atoms with Gasteiger partial charge in [0.25, 0.3) is 0 Å². The van der Waals surface area contributed by atoms with Gasteiger partial charge in [0.15, 0.2) is 5.96 Å². The molecule has 1 aromatic rings. The maximum absolute atomic E-state index is 12.4. The molecule has 2 N–H and O–H groups in total. The Kier molecular flexibility index (Phi) is 9.46. The van der Waals surface area contributed by atoms with Gasteiger partial charge in [-0.3, -0.25) is 14.7 Å². The van der Waals surface area contributed by atoms with Crippen LogP contribution in [0.3, 0.4) is 0 Å². The predicted octanol–water partition coefficient (Wildman–Crippen LogP) is 2.01. The van der Waals surface area contributed by atoms with E-state index in [1.807, 2.05) is 7.05 Å². The molecule has 1 amide bonds. The number of hydrogen-bond acceptors (Lipinski definition) is 4. The number of benzene rings is 1. The molecule has 0 spiro atoms. The smallest absolute Gasteiger partial charge is 0.225 e. The fourth-order valence-corrected chi connectivity index (χ4v) is 4.24. The second-order valence-electron chi connectivity index (χ2n) is 8.49. The first-order chi connectivity index (χ1) is 15.2. The molecule has 2 fully saturated rings. The second-order valence-corrected chi connectivity index (χ2v) is 8.49. The van der Waals surface area contributed by atoms with Gasteiger partial charge in [0.2, 0.25) is 5.91 Å². The summed E-state index contributed by atoms with van der Waals surface area (Å²) in [6.45, 7) is 10.7. The van der Waals surface area contributed by atoms with E-state index < -0.39 is 0 Å². The van der Waals surface area contributed by atoms with Gasteiger partial charge in [-0.2, -0.15) is 0 Å². The molecule has 2 aliphatic rings. The summed E-state index contributed by atoms with van der Waals surface area (Å²) >= 11 is 0. The van der Waals surface area contributed by atoms with Crippen LogP contribution in [0.4, 0.5) is 5.69 Å². The van der Waals surface area contributed by atoms with Crippen LogP contribution in [0.15, 0.2) is 35.3 Å². The van der Waals surface area contributed by atoms with Crippen molar-refractivity contribution in [3.63, 3.8) is 0 Å². The average Bonchev–Trinajstić information content (AvgIpc) is 2.77. The molecule has 1 saturated carbocycles. The van der Waals surface area contributed by atoms with E-state index in [4.69, 9.17) is 0 Å². The molecule has 31 heavy (non-hydrogen) atoms. The maximum atomic E-state index is 12.4. The molecule has 1 aliphatic heterocycles. The zero-order valence-corrected chi connectivity index (χ0v) is 19.4. The van der Waals surface area contributed by atoms with E-state index in [0.29, 0.717) is 11.8 Å². The second kappa shape index (κ2) is 12.5. The number of nitrogens with zero attached hydrogens (tertiary/aromatic N) is 4. The Morgan fingerprint density at radius 1 is 1.10 bits per heavy atom. The van der Waals surface area contributed by atoms with Gasteiger partial charge < -0.3 is 20.4 Å². The number of carbonyl (C=O) groups is 1. The van der Waals surface area contributed by atoms with E-state index >= 15 is 0 Å². The van der Waals surface area contributed by atoms with Crippen LogP contribution in [0.2, 0.25) is 0 Å². The summed E-state index contributed by atoms with van der Waals surface area (Å²) in [7, 11) is 1.82. The van der Waals surface area contributed by atoms with Gasteiger partial charge in [-0.25, -0.2) is 0 Å². The number of nitrogens with one attached hydrogen (secondary N) is 2. The molecule has 7 nitrogen and oxygen atoms in total. The monoisotopic (exact) mass is 428 g/mol. The first kappa shape index (κ1) is 23.4. The Morgan fingerprint density at radius 3 is 2.42 bits per heavy atom. The van der Waals surface area contributed by atoms with Crippen LogP contribution in [-0.4, -0.2) is 87.6 Å². The number of para-hydroxylation sites is 1. The highest BCUT2D eigenvalue weighted by atomic mass is 16.2. The van der Waals surface area contributed by atoms with Crippen LogP contribution in [0, 0.1) is 5.92 Å². The SMILES string of the molecule is CCN(CCCNC(=NC)NCCN1CCN(C(=O)C2CCC2)CC1)c1ccccc1. The summed E-state index contributed by atoms with van der Waals surface area (Å²) in [5.74, 6) is 1.57. The van der Waals surface area contributed by atoms with Crippen molar-refractivity contribution in [2.45, 2.75) is 32.6 Å². The molecule has 0 aromatic heterocycles. The van der Waals surface area contributed by atoms with Crippen molar-refractivity contribution in [1.82, 2.24) is 20.4 Å². The quantitative estimate of drug-likeness (QED) is 0.339. The highest BCUT2D eigenvalue weighted by molar-refractivity contribution is 5.80. The molecular weight excluding hydrogens is 388 g/mol. The van der Waals surface area contributed by atoms with Gasteiger partial charge in [0.05, 0.1) is 0 Å². The Labute approximate surface area is 187 Å². The van der Waals surface area contributed by atoms with Crippen molar-refractivity contribution in [1.29, 1.82) is 0 Å². The molecule has 0 radical (unpaired) electrons. The number of hydrogen-bond donors (Lipinski definition) is 2. The molecule has 7 heteroatoms. The summed E-state index contributed by atoms with van der Waals surface area (Å²) in [4.78, 5) is 23.6. The first-order valence-corrected chi connectivity index (χ1v) is 12.0. The lowest BCUT2D eigenvalue weighted by molar-refractivity contribution is -0.139. The number of carbonyl (C=O) groups excluding carboxylic acids is 1. The van der Waals surface area contributed by atoms with Crippen LogP contribution in [0.25, 0.3) is 0 Å². The van der Waals surface area contributed by atoms with Gasteiger partial charge >= 0.3 is 0 Å². The number of anilines is 1.